The fourth-order valence-electron chi connectivity index (χ4n) is 0.764. The smallest absolute Gasteiger partial charge is 0.0705 e. The van der Waals surface area contributed by atoms with E-state index in [0.717, 1.165) is 5.69 Å². The first kappa shape index (κ1) is 7.48. The van der Waals surface area contributed by atoms with Gasteiger partial charge < -0.3 is 5.32 Å². The molecule has 0 aromatic heterocycles. The van der Waals surface area contributed by atoms with Gasteiger partial charge in [-0.1, -0.05) is 12.1 Å². The van der Waals surface area contributed by atoms with E-state index in [1.807, 2.05) is 30.5 Å². The molecule has 0 saturated heterocycles. The number of benzene rings is 1. The molecular weight excluding hydrogens is 142 g/mol. The van der Waals surface area contributed by atoms with Gasteiger partial charge in [-0.05, 0) is 18.4 Å². The lowest BCUT2D eigenvalue weighted by atomic mass is 10.3. The number of nitrogens with one attached hydrogen (secondary N) is 1. The monoisotopic (exact) mass is 151 g/mol. The molecule has 0 heterocycles. The molecule has 0 aliphatic heterocycles. The van der Waals surface area contributed by atoms with Gasteiger partial charge in [0.15, 0.2) is 0 Å². The van der Waals surface area contributed by atoms with Crippen molar-refractivity contribution in [3.8, 4) is 0 Å². The zero-order chi connectivity index (χ0) is 7.40. The number of para-hydroxylation sites is 1. The Labute approximate surface area is 65.8 Å². The van der Waals surface area contributed by atoms with Gasteiger partial charge in [0, 0.05) is 10.6 Å². The summed E-state index contributed by atoms with van der Waals surface area (Å²) in [5.41, 5.74) is 0.981. The molecule has 0 spiro atoms. The van der Waals surface area contributed by atoms with E-state index in [4.69, 9.17) is 7.05 Å². The Kier molecular flexibility index (Phi) is 2.63. The van der Waals surface area contributed by atoms with Crippen LogP contribution in [0.1, 0.15) is 0 Å². The number of rotatable bonds is 2. The molecule has 1 rings (SSSR count). The van der Waals surface area contributed by atoms with Gasteiger partial charge in [-0.2, -0.15) is 0 Å². The zero-order valence-corrected chi connectivity index (χ0v) is 6.61. The average molecular weight is 151 g/mol. The first-order valence-electron chi connectivity index (χ1n) is 2.98. The lowest BCUT2D eigenvalue weighted by Crippen LogP contribution is -1.85. The summed E-state index contributed by atoms with van der Waals surface area (Å²) in [6.45, 7) is 0. The van der Waals surface area contributed by atoms with Crippen molar-refractivity contribution in [3.05, 3.63) is 31.3 Å². The first-order valence-corrected chi connectivity index (χ1v) is 4.20. The zero-order valence-electron chi connectivity index (χ0n) is 5.79. The van der Waals surface area contributed by atoms with E-state index in [-0.39, 0.29) is 0 Å². The Morgan fingerprint density at radius 1 is 1.40 bits per heavy atom. The lowest BCUT2D eigenvalue weighted by Gasteiger charge is -2.03. The van der Waals surface area contributed by atoms with Gasteiger partial charge in [0.1, 0.15) is 0 Å². The van der Waals surface area contributed by atoms with Crippen LogP contribution in [0.2, 0.25) is 0 Å². The number of thioether (sulfide) groups is 1. The third-order valence-electron chi connectivity index (χ3n) is 1.26. The van der Waals surface area contributed by atoms with Crippen LogP contribution in [0.4, 0.5) is 5.69 Å². The van der Waals surface area contributed by atoms with Crippen LogP contribution >= 0.6 is 11.8 Å². The molecule has 52 valence electrons. The molecule has 0 bridgehead atoms. The Balaban J connectivity index is 2.96. The molecular formula is C8H9NS. The maximum Gasteiger partial charge on any atom is 0.0705 e. The summed E-state index contributed by atoms with van der Waals surface area (Å²) in [4.78, 5) is 1.17. The molecule has 10 heavy (non-hydrogen) atoms. The van der Waals surface area contributed by atoms with Gasteiger partial charge in [-0.3, -0.25) is 0 Å². The van der Waals surface area contributed by atoms with Gasteiger partial charge in [0.05, 0.1) is 7.05 Å². The quantitative estimate of drug-likeness (QED) is 0.515. The van der Waals surface area contributed by atoms with E-state index in [9.17, 15) is 0 Å². The lowest BCUT2D eigenvalue weighted by molar-refractivity contribution is 1.42. The van der Waals surface area contributed by atoms with Gasteiger partial charge in [-0.25, -0.2) is 0 Å². The summed E-state index contributed by atoms with van der Waals surface area (Å²) in [5, 5.41) is 2.63. The highest BCUT2D eigenvalue weighted by Gasteiger charge is 1.94. The first-order chi connectivity index (χ1) is 4.88. The highest BCUT2D eigenvalue weighted by molar-refractivity contribution is 7.98. The van der Waals surface area contributed by atoms with Crippen LogP contribution in [-0.4, -0.2) is 6.26 Å². The Hall–Kier alpha value is -0.630. The molecule has 1 aromatic carbocycles. The molecule has 1 nitrogen and oxygen atoms in total. The maximum atomic E-state index is 5.26. The van der Waals surface area contributed by atoms with Gasteiger partial charge in [-0.15, -0.1) is 11.8 Å². The van der Waals surface area contributed by atoms with Gasteiger partial charge in [0.2, 0.25) is 0 Å². The summed E-state index contributed by atoms with van der Waals surface area (Å²) in [7, 11) is 5.26. The predicted octanol–water partition coefficient (Wildman–Crippen LogP) is 2.49. The molecule has 2 radical (unpaired) electrons. The van der Waals surface area contributed by atoms with Crippen molar-refractivity contribution in [2.75, 3.05) is 11.6 Å². The van der Waals surface area contributed by atoms with Crippen LogP contribution in [0.3, 0.4) is 0 Å². The maximum absolute atomic E-state index is 5.26. The fraction of sp³-hybridized carbons (Fsp3) is 0.125. The van der Waals surface area contributed by atoms with E-state index >= 15 is 0 Å². The highest BCUT2D eigenvalue weighted by Crippen LogP contribution is 2.23. The molecule has 0 aliphatic carbocycles. The second-order valence-electron chi connectivity index (χ2n) is 1.84. The third kappa shape index (κ3) is 1.45. The van der Waals surface area contributed by atoms with Crippen LogP contribution in [-0.2, 0) is 0 Å². The van der Waals surface area contributed by atoms with Crippen LogP contribution in [0.15, 0.2) is 29.2 Å². The molecule has 0 amide bonds. The van der Waals surface area contributed by atoms with Crippen LogP contribution < -0.4 is 5.32 Å². The average Bonchev–Trinajstić information content (AvgIpc) is 2.04. The van der Waals surface area contributed by atoms with Crippen LogP contribution in [0, 0.1) is 7.05 Å². The Morgan fingerprint density at radius 3 is 2.60 bits per heavy atom. The predicted molar refractivity (Wildman–Crippen MR) is 46.1 cm³/mol. The van der Waals surface area contributed by atoms with Gasteiger partial charge in [0.25, 0.3) is 0 Å². The summed E-state index contributed by atoms with van der Waals surface area (Å²) in [5.74, 6) is 0. The second kappa shape index (κ2) is 3.52. The van der Waals surface area contributed by atoms with Crippen molar-refractivity contribution in [1.82, 2.24) is 0 Å². The molecule has 0 saturated carbocycles. The minimum absolute atomic E-state index is 0.981. The van der Waals surface area contributed by atoms with Crippen molar-refractivity contribution in [1.29, 1.82) is 0 Å². The van der Waals surface area contributed by atoms with Crippen LogP contribution in [0.5, 0.6) is 0 Å². The Morgan fingerprint density at radius 2 is 2.10 bits per heavy atom. The minimum atomic E-state index is 0.981. The van der Waals surface area contributed by atoms with E-state index in [1.54, 1.807) is 11.8 Å². The molecule has 0 aliphatic rings. The van der Waals surface area contributed by atoms with Crippen LogP contribution in [0.25, 0.3) is 0 Å². The summed E-state index contributed by atoms with van der Waals surface area (Å²) >= 11 is 1.68. The number of hydrogen-bond donors (Lipinski definition) is 1. The molecule has 2 heteroatoms. The SMILES string of the molecule is [CH]Nc1ccccc1SC. The highest BCUT2D eigenvalue weighted by atomic mass is 32.2. The largest absolute Gasteiger partial charge is 0.377 e. The fourth-order valence-corrected chi connectivity index (χ4v) is 1.33. The van der Waals surface area contributed by atoms with E-state index in [1.165, 1.54) is 4.90 Å². The molecule has 0 fully saturated rings. The van der Waals surface area contributed by atoms with Crippen molar-refractivity contribution in [2.24, 2.45) is 0 Å². The topological polar surface area (TPSA) is 12.0 Å². The van der Waals surface area contributed by atoms with Crippen molar-refractivity contribution >= 4 is 17.4 Å². The Bertz CT molecular complexity index is 187. The summed E-state index contributed by atoms with van der Waals surface area (Å²) < 4.78 is 0. The molecule has 1 N–H and O–H groups in total. The third-order valence-corrected chi connectivity index (χ3v) is 2.06. The summed E-state index contributed by atoms with van der Waals surface area (Å²) in [6, 6.07) is 7.92. The van der Waals surface area contributed by atoms with Crippen molar-refractivity contribution in [3.63, 3.8) is 0 Å². The van der Waals surface area contributed by atoms with E-state index in [2.05, 4.69) is 5.32 Å². The standard InChI is InChI=1S/C8H9NS/c1-9-7-5-3-4-6-8(7)10-2/h1,3-6,9H,2H3. The summed E-state index contributed by atoms with van der Waals surface area (Å²) in [6.07, 6.45) is 2.02. The minimum Gasteiger partial charge on any atom is -0.377 e. The normalized spacial score (nSPS) is 9.40. The second-order valence-corrected chi connectivity index (χ2v) is 2.69. The number of hydrogen-bond acceptors (Lipinski definition) is 2. The molecule has 1 aromatic rings. The van der Waals surface area contributed by atoms with E-state index < -0.39 is 0 Å². The number of anilines is 1. The van der Waals surface area contributed by atoms with Crippen molar-refractivity contribution in [2.45, 2.75) is 4.90 Å². The molecule has 0 unspecified atom stereocenters. The van der Waals surface area contributed by atoms with Crippen molar-refractivity contribution < 1.29 is 0 Å². The van der Waals surface area contributed by atoms with Gasteiger partial charge >= 0.3 is 0 Å². The van der Waals surface area contributed by atoms with E-state index in [0.29, 0.717) is 0 Å². The molecule has 0 atom stereocenters.